The van der Waals surface area contributed by atoms with Crippen molar-refractivity contribution in [1.29, 1.82) is 0 Å². The lowest BCUT2D eigenvalue weighted by atomic mass is 10.0. The maximum Gasteiger partial charge on any atom is 0.191 e. The normalized spacial score (nSPS) is 20.7. The Labute approximate surface area is 163 Å². The van der Waals surface area contributed by atoms with Gasteiger partial charge in [0, 0.05) is 24.7 Å². The van der Waals surface area contributed by atoms with Gasteiger partial charge in [-0.2, -0.15) is 0 Å². The van der Waals surface area contributed by atoms with Crippen LogP contribution in [0.25, 0.3) is 0 Å². The summed E-state index contributed by atoms with van der Waals surface area (Å²) in [7, 11) is 1.77. The molecule has 0 aromatic heterocycles. The smallest absolute Gasteiger partial charge is 0.191 e. The highest BCUT2D eigenvalue weighted by atomic mass is 127. The van der Waals surface area contributed by atoms with Gasteiger partial charge in [-0.1, -0.05) is 22.0 Å². The van der Waals surface area contributed by atoms with Gasteiger partial charge in [-0.15, -0.1) is 24.0 Å². The fourth-order valence-corrected chi connectivity index (χ4v) is 2.74. The van der Waals surface area contributed by atoms with Crippen LogP contribution in [0.2, 0.25) is 0 Å². The zero-order valence-electron chi connectivity index (χ0n) is 13.6. The van der Waals surface area contributed by atoms with Gasteiger partial charge in [0.15, 0.2) is 5.96 Å². The van der Waals surface area contributed by atoms with Crippen LogP contribution in [-0.2, 0) is 4.74 Å². The molecule has 1 aliphatic rings. The molecule has 1 aromatic rings. The third-order valence-electron chi connectivity index (χ3n) is 3.61. The molecule has 0 aliphatic carbocycles. The SMILES string of the molecule is CN=C(NCCOc1cccc(Br)c1)NCC1(C)CCCO1.I. The number of aliphatic imine (C=N–C) groups is 1. The molecule has 1 aromatic carbocycles. The average Bonchev–Trinajstić information content (AvgIpc) is 2.94. The van der Waals surface area contributed by atoms with Crippen LogP contribution in [0.15, 0.2) is 33.7 Å². The number of hydrogen-bond donors (Lipinski definition) is 2. The first kappa shape index (κ1) is 20.5. The lowest BCUT2D eigenvalue weighted by Crippen LogP contribution is -2.46. The number of ether oxygens (including phenoxy) is 2. The van der Waals surface area contributed by atoms with E-state index in [0.29, 0.717) is 13.2 Å². The highest BCUT2D eigenvalue weighted by Gasteiger charge is 2.29. The summed E-state index contributed by atoms with van der Waals surface area (Å²) in [5.74, 6) is 1.63. The maximum absolute atomic E-state index is 5.76. The lowest BCUT2D eigenvalue weighted by Gasteiger charge is -2.24. The first-order valence-corrected chi connectivity index (χ1v) is 8.37. The number of rotatable bonds is 6. The van der Waals surface area contributed by atoms with Crippen molar-refractivity contribution in [2.45, 2.75) is 25.4 Å². The number of benzene rings is 1. The van der Waals surface area contributed by atoms with Crippen LogP contribution < -0.4 is 15.4 Å². The van der Waals surface area contributed by atoms with Crippen LogP contribution in [-0.4, -0.2) is 44.9 Å². The second-order valence-electron chi connectivity index (χ2n) is 5.56. The number of nitrogens with one attached hydrogen (secondary N) is 2. The quantitative estimate of drug-likeness (QED) is 0.274. The van der Waals surface area contributed by atoms with Gasteiger partial charge in [-0.05, 0) is 38.0 Å². The molecule has 1 saturated heterocycles. The van der Waals surface area contributed by atoms with Crippen LogP contribution in [0.1, 0.15) is 19.8 Å². The molecule has 1 aliphatic heterocycles. The van der Waals surface area contributed by atoms with Crippen LogP contribution in [0, 0.1) is 0 Å². The fourth-order valence-electron chi connectivity index (χ4n) is 2.36. The molecular weight excluding hydrogens is 473 g/mol. The largest absolute Gasteiger partial charge is 0.492 e. The van der Waals surface area contributed by atoms with E-state index < -0.39 is 0 Å². The second kappa shape index (κ2) is 10.4. The third-order valence-corrected chi connectivity index (χ3v) is 4.11. The van der Waals surface area contributed by atoms with Crippen molar-refractivity contribution in [2.75, 3.05) is 33.4 Å². The molecule has 0 bridgehead atoms. The minimum atomic E-state index is -0.0789. The Morgan fingerprint density at radius 3 is 2.91 bits per heavy atom. The molecule has 23 heavy (non-hydrogen) atoms. The van der Waals surface area contributed by atoms with Crippen molar-refractivity contribution in [3.8, 4) is 5.75 Å². The summed E-state index contributed by atoms with van der Waals surface area (Å²) in [6.45, 7) is 5.01. The second-order valence-corrected chi connectivity index (χ2v) is 6.48. The van der Waals surface area contributed by atoms with Gasteiger partial charge in [-0.3, -0.25) is 4.99 Å². The number of guanidine groups is 1. The standard InChI is InChI=1S/C16H24BrN3O2.HI/c1-16(7-4-9-22-16)12-20-15(18-2)19-8-10-21-14-6-3-5-13(17)11-14;/h3,5-6,11H,4,7-10,12H2,1-2H3,(H2,18,19,20);1H. The summed E-state index contributed by atoms with van der Waals surface area (Å²) in [6, 6.07) is 7.82. The summed E-state index contributed by atoms with van der Waals surface area (Å²) < 4.78 is 12.4. The molecule has 7 heteroatoms. The van der Waals surface area contributed by atoms with E-state index in [-0.39, 0.29) is 29.6 Å². The van der Waals surface area contributed by atoms with E-state index in [9.17, 15) is 0 Å². The fraction of sp³-hybridized carbons (Fsp3) is 0.562. The molecule has 0 saturated carbocycles. The van der Waals surface area contributed by atoms with E-state index in [1.807, 2.05) is 24.3 Å². The molecule has 1 atom stereocenters. The zero-order valence-corrected chi connectivity index (χ0v) is 17.5. The average molecular weight is 498 g/mol. The molecule has 0 amide bonds. The molecule has 130 valence electrons. The summed E-state index contributed by atoms with van der Waals surface area (Å²) in [4.78, 5) is 4.21. The van der Waals surface area contributed by atoms with E-state index in [0.717, 1.165) is 42.2 Å². The number of nitrogens with zero attached hydrogens (tertiary/aromatic N) is 1. The van der Waals surface area contributed by atoms with E-state index in [4.69, 9.17) is 9.47 Å². The zero-order chi connectivity index (χ0) is 15.8. The summed E-state index contributed by atoms with van der Waals surface area (Å²) >= 11 is 3.43. The molecule has 0 spiro atoms. The third kappa shape index (κ3) is 7.26. The summed E-state index contributed by atoms with van der Waals surface area (Å²) in [6.07, 6.45) is 2.22. The minimum absolute atomic E-state index is 0. The van der Waals surface area contributed by atoms with Gasteiger partial charge >= 0.3 is 0 Å². The molecule has 1 heterocycles. The van der Waals surface area contributed by atoms with Gasteiger partial charge in [0.05, 0.1) is 12.1 Å². The molecule has 2 rings (SSSR count). The van der Waals surface area contributed by atoms with Gasteiger partial charge < -0.3 is 20.1 Å². The van der Waals surface area contributed by atoms with E-state index in [1.165, 1.54) is 0 Å². The topological polar surface area (TPSA) is 54.9 Å². The van der Waals surface area contributed by atoms with Crippen molar-refractivity contribution >= 4 is 45.9 Å². The molecule has 2 N–H and O–H groups in total. The van der Waals surface area contributed by atoms with Crippen LogP contribution in [0.3, 0.4) is 0 Å². The summed E-state index contributed by atoms with van der Waals surface area (Å²) in [5.41, 5.74) is -0.0789. The van der Waals surface area contributed by atoms with Gasteiger partial charge in [0.2, 0.25) is 0 Å². The first-order chi connectivity index (χ1) is 10.6. The Morgan fingerprint density at radius 2 is 2.26 bits per heavy atom. The monoisotopic (exact) mass is 497 g/mol. The Kier molecular flexibility index (Phi) is 9.23. The highest BCUT2D eigenvalue weighted by molar-refractivity contribution is 14.0. The van der Waals surface area contributed by atoms with Crippen LogP contribution in [0.5, 0.6) is 5.75 Å². The minimum Gasteiger partial charge on any atom is -0.492 e. The Hall–Kier alpha value is -0.540. The molecule has 1 unspecified atom stereocenters. The first-order valence-electron chi connectivity index (χ1n) is 7.58. The summed E-state index contributed by atoms with van der Waals surface area (Å²) in [5, 5.41) is 6.55. The van der Waals surface area contributed by atoms with Crippen molar-refractivity contribution in [3.63, 3.8) is 0 Å². The Morgan fingerprint density at radius 1 is 1.43 bits per heavy atom. The Balaban J connectivity index is 0.00000264. The van der Waals surface area contributed by atoms with E-state index in [1.54, 1.807) is 7.05 Å². The predicted octanol–water partition coefficient (Wildman–Crippen LogP) is 3.18. The van der Waals surface area contributed by atoms with Crippen molar-refractivity contribution < 1.29 is 9.47 Å². The van der Waals surface area contributed by atoms with Gasteiger partial charge in [0.25, 0.3) is 0 Å². The van der Waals surface area contributed by atoms with Gasteiger partial charge in [0.1, 0.15) is 12.4 Å². The predicted molar refractivity (Wildman–Crippen MR) is 108 cm³/mol. The number of hydrogen-bond acceptors (Lipinski definition) is 3. The van der Waals surface area contributed by atoms with Crippen LogP contribution in [0.4, 0.5) is 0 Å². The number of halogens is 2. The maximum atomic E-state index is 5.76. The van der Waals surface area contributed by atoms with Gasteiger partial charge in [-0.25, -0.2) is 0 Å². The molecular formula is C16H25BrIN3O2. The lowest BCUT2D eigenvalue weighted by molar-refractivity contribution is 0.0243. The Bertz CT molecular complexity index is 508. The van der Waals surface area contributed by atoms with Crippen LogP contribution >= 0.6 is 39.9 Å². The van der Waals surface area contributed by atoms with Crippen molar-refractivity contribution in [3.05, 3.63) is 28.7 Å². The highest BCUT2D eigenvalue weighted by Crippen LogP contribution is 2.23. The van der Waals surface area contributed by atoms with Crippen molar-refractivity contribution in [1.82, 2.24) is 10.6 Å². The molecule has 0 radical (unpaired) electrons. The van der Waals surface area contributed by atoms with E-state index in [2.05, 4.69) is 38.5 Å². The molecule has 5 nitrogen and oxygen atoms in total. The van der Waals surface area contributed by atoms with Crippen molar-refractivity contribution in [2.24, 2.45) is 4.99 Å². The molecule has 1 fully saturated rings. The van der Waals surface area contributed by atoms with E-state index >= 15 is 0 Å².